The monoisotopic (exact) mass is 171 g/mol. The molecule has 1 aromatic rings. The Morgan fingerprint density at radius 2 is 2.36 bits per heavy atom. The first-order chi connectivity index (χ1) is 5.29. The molecule has 1 aromatic heterocycles. The predicted octanol–water partition coefficient (Wildman–Crippen LogP) is 2.31. The third-order valence-electron chi connectivity index (χ3n) is 1.48. The summed E-state index contributed by atoms with van der Waals surface area (Å²) in [4.78, 5) is 4.09. The van der Waals surface area contributed by atoms with Gasteiger partial charge in [0.25, 0.3) is 0 Å². The third-order valence-corrected chi connectivity index (χ3v) is 1.89. The predicted molar refractivity (Wildman–Crippen MR) is 45.2 cm³/mol. The molecule has 0 fully saturated rings. The lowest BCUT2D eigenvalue weighted by Crippen LogP contribution is -1.91. The molecule has 0 aliphatic heterocycles. The summed E-state index contributed by atoms with van der Waals surface area (Å²) in [5, 5.41) is 0.623. The zero-order valence-corrected chi connectivity index (χ0v) is 7.35. The number of pyridine rings is 1. The van der Waals surface area contributed by atoms with Gasteiger partial charge in [-0.15, -0.1) is 0 Å². The van der Waals surface area contributed by atoms with E-state index in [2.05, 4.69) is 4.98 Å². The number of hydrogen-bond acceptors (Lipinski definition) is 2. The lowest BCUT2D eigenvalue weighted by molar-refractivity contribution is 0.414. The van der Waals surface area contributed by atoms with Crippen LogP contribution in [0.25, 0.3) is 0 Å². The SMILES string of the molecule is CCc1nccc(OC)c1Cl. The standard InChI is InChI=1S/C8H10ClNO/c1-3-6-8(9)7(11-2)4-5-10-6/h4-5H,3H2,1-2H3. The highest BCUT2D eigenvalue weighted by Crippen LogP contribution is 2.25. The quantitative estimate of drug-likeness (QED) is 0.682. The Balaban J connectivity index is 3.10. The van der Waals surface area contributed by atoms with Gasteiger partial charge in [0, 0.05) is 12.3 Å². The fourth-order valence-electron chi connectivity index (χ4n) is 0.871. The maximum Gasteiger partial charge on any atom is 0.140 e. The second-order valence-corrected chi connectivity index (χ2v) is 2.51. The molecule has 60 valence electrons. The summed E-state index contributed by atoms with van der Waals surface area (Å²) in [6, 6.07) is 1.75. The second-order valence-electron chi connectivity index (χ2n) is 2.13. The molecule has 0 saturated heterocycles. The highest BCUT2D eigenvalue weighted by Gasteiger charge is 2.04. The molecule has 0 aliphatic rings. The number of halogens is 1. The Bertz CT molecular complexity index is 228. The van der Waals surface area contributed by atoms with E-state index in [9.17, 15) is 0 Å². The minimum Gasteiger partial charge on any atom is -0.495 e. The van der Waals surface area contributed by atoms with E-state index in [0.29, 0.717) is 10.8 Å². The fraction of sp³-hybridized carbons (Fsp3) is 0.375. The van der Waals surface area contributed by atoms with Crippen molar-refractivity contribution in [1.82, 2.24) is 4.98 Å². The van der Waals surface area contributed by atoms with Crippen LogP contribution in [0.15, 0.2) is 12.3 Å². The number of nitrogens with zero attached hydrogens (tertiary/aromatic N) is 1. The highest BCUT2D eigenvalue weighted by molar-refractivity contribution is 6.32. The maximum atomic E-state index is 5.92. The van der Waals surface area contributed by atoms with Gasteiger partial charge in [-0.1, -0.05) is 18.5 Å². The molecule has 0 aliphatic carbocycles. The van der Waals surface area contributed by atoms with Crippen LogP contribution in [0, 0.1) is 0 Å². The molecule has 0 amide bonds. The van der Waals surface area contributed by atoms with Crippen molar-refractivity contribution in [1.29, 1.82) is 0 Å². The Labute approximate surface area is 71.2 Å². The van der Waals surface area contributed by atoms with Gasteiger partial charge in [0.1, 0.15) is 10.8 Å². The number of aromatic nitrogens is 1. The Kier molecular flexibility index (Phi) is 2.71. The van der Waals surface area contributed by atoms with Crippen molar-refractivity contribution >= 4 is 11.6 Å². The molecule has 0 radical (unpaired) electrons. The van der Waals surface area contributed by atoms with Crippen LogP contribution in [-0.2, 0) is 6.42 Å². The van der Waals surface area contributed by atoms with Gasteiger partial charge in [0.2, 0.25) is 0 Å². The van der Waals surface area contributed by atoms with Gasteiger partial charge in [-0.2, -0.15) is 0 Å². The first kappa shape index (κ1) is 8.34. The number of aryl methyl sites for hydroxylation is 1. The van der Waals surface area contributed by atoms with Crippen molar-refractivity contribution in [2.75, 3.05) is 7.11 Å². The van der Waals surface area contributed by atoms with Crippen molar-refractivity contribution in [2.45, 2.75) is 13.3 Å². The Morgan fingerprint density at radius 1 is 1.64 bits per heavy atom. The van der Waals surface area contributed by atoms with Crippen LogP contribution < -0.4 is 4.74 Å². The summed E-state index contributed by atoms with van der Waals surface area (Å²) in [7, 11) is 1.60. The topological polar surface area (TPSA) is 22.1 Å². The number of hydrogen-bond donors (Lipinski definition) is 0. The Morgan fingerprint density at radius 3 is 2.91 bits per heavy atom. The molecule has 3 heteroatoms. The summed E-state index contributed by atoms with van der Waals surface area (Å²) >= 11 is 5.92. The fourth-order valence-corrected chi connectivity index (χ4v) is 1.19. The van der Waals surface area contributed by atoms with Gasteiger partial charge in [-0.05, 0) is 6.42 Å². The molecule has 0 N–H and O–H groups in total. The number of methoxy groups -OCH3 is 1. The average Bonchev–Trinajstić information content (AvgIpc) is 2.05. The third kappa shape index (κ3) is 1.63. The van der Waals surface area contributed by atoms with Crippen molar-refractivity contribution in [2.24, 2.45) is 0 Å². The van der Waals surface area contributed by atoms with Crippen LogP contribution in [0.2, 0.25) is 5.02 Å². The van der Waals surface area contributed by atoms with Gasteiger partial charge in [-0.25, -0.2) is 0 Å². The van der Waals surface area contributed by atoms with Crippen LogP contribution >= 0.6 is 11.6 Å². The normalized spacial score (nSPS) is 9.73. The largest absolute Gasteiger partial charge is 0.495 e. The molecule has 0 atom stereocenters. The first-order valence-electron chi connectivity index (χ1n) is 3.47. The smallest absolute Gasteiger partial charge is 0.140 e. The second kappa shape index (κ2) is 3.58. The molecule has 0 saturated carbocycles. The van der Waals surface area contributed by atoms with E-state index in [1.54, 1.807) is 19.4 Å². The molecular formula is C8H10ClNO. The van der Waals surface area contributed by atoms with Crippen LogP contribution in [0.3, 0.4) is 0 Å². The molecule has 11 heavy (non-hydrogen) atoms. The lowest BCUT2D eigenvalue weighted by Gasteiger charge is -2.04. The van der Waals surface area contributed by atoms with E-state index >= 15 is 0 Å². The van der Waals surface area contributed by atoms with Gasteiger partial charge < -0.3 is 4.74 Å². The van der Waals surface area contributed by atoms with Gasteiger partial charge in [-0.3, -0.25) is 4.98 Å². The number of ether oxygens (including phenoxy) is 1. The van der Waals surface area contributed by atoms with E-state index in [4.69, 9.17) is 16.3 Å². The maximum absolute atomic E-state index is 5.92. The summed E-state index contributed by atoms with van der Waals surface area (Å²) < 4.78 is 5.02. The van der Waals surface area contributed by atoms with Crippen LogP contribution in [-0.4, -0.2) is 12.1 Å². The summed E-state index contributed by atoms with van der Waals surface area (Å²) in [5.41, 5.74) is 0.881. The summed E-state index contributed by atoms with van der Waals surface area (Å²) in [6.07, 6.45) is 2.53. The minimum absolute atomic E-state index is 0.623. The molecule has 1 rings (SSSR count). The number of rotatable bonds is 2. The van der Waals surface area contributed by atoms with E-state index < -0.39 is 0 Å². The van der Waals surface area contributed by atoms with Gasteiger partial charge >= 0.3 is 0 Å². The summed E-state index contributed by atoms with van der Waals surface area (Å²) in [5.74, 6) is 0.693. The van der Waals surface area contributed by atoms with Crippen molar-refractivity contribution in [3.8, 4) is 5.75 Å². The molecular weight excluding hydrogens is 162 g/mol. The van der Waals surface area contributed by atoms with Gasteiger partial charge in [0.15, 0.2) is 0 Å². The van der Waals surface area contributed by atoms with Crippen LogP contribution in [0.4, 0.5) is 0 Å². The van der Waals surface area contributed by atoms with Crippen molar-refractivity contribution in [3.05, 3.63) is 23.0 Å². The minimum atomic E-state index is 0.623. The van der Waals surface area contributed by atoms with Gasteiger partial charge in [0.05, 0.1) is 12.8 Å². The molecule has 1 heterocycles. The summed E-state index contributed by atoms with van der Waals surface area (Å²) in [6.45, 7) is 2.01. The zero-order valence-electron chi connectivity index (χ0n) is 6.60. The zero-order chi connectivity index (χ0) is 8.27. The Hall–Kier alpha value is -0.760. The van der Waals surface area contributed by atoms with E-state index in [1.807, 2.05) is 6.92 Å². The van der Waals surface area contributed by atoms with Crippen LogP contribution in [0.5, 0.6) is 5.75 Å². The van der Waals surface area contributed by atoms with Crippen molar-refractivity contribution < 1.29 is 4.74 Å². The van der Waals surface area contributed by atoms with E-state index in [0.717, 1.165) is 12.1 Å². The molecule has 0 aromatic carbocycles. The van der Waals surface area contributed by atoms with E-state index in [-0.39, 0.29) is 0 Å². The average molecular weight is 172 g/mol. The molecule has 2 nitrogen and oxygen atoms in total. The molecule has 0 bridgehead atoms. The molecule has 0 unspecified atom stereocenters. The molecule has 0 spiro atoms. The lowest BCUT2D eigenvalue weighted by atomic mass is 10.3. The van der Waals surface area contributed by atoms with E-state index in [1.165, 1.54) is 0 Å². The highest BCUT2D eigenvalue weighted by atomic mass is 35.5. The first-order valence-corrected chi connectivity index (χ1v) is 3.84. The van der Waals surface area contributed by atoms with Crippen molar-refractivity contribution in [3.63, 3.8) is 0 Å². The van der Waals surface area contributed by atoms with Crippen LogP contribution in [0.1, 0.15) is 12.6 Å².